The predicted octanol–water partition coefficient (Wildman–Crippen LogP) is 3.36. The number of aromatic nitrogens is 3. The van der Waals surface area contributed by atoms with Crippen molar-refractivity contribution in [1.29, 1.82) is 0 Å². The van der Waals surface area contributed by atoms with E-state index in [-0.39, 0.29) is 11.3 Å². The van der Waals surface area contributed by atoms with Gasteiger partial charge in [0.15, 0.2) is 4.21 Å². The van der Waals surface area contributed by atoms with Gasteiger partial charge in [-0.25, -0.2) is 13.4 Å². The number of nitrogens with zero attached hydrogens (tertiary/aromatic N) is 4. The Balaban J connectivity index is 1.62. The highest BCUT2D eigenvalue weighted by molar-refractivity contribution is 7.91. The summed E-state index contributed by atoms with van der Waals surface area (Å²) < 4.78 is 30.1. The second kappa shape index (κ2) is 6.54. The van der Waals surface area contributed by atoms with Crippen LogP contribution < -0.4 is 0 Å². The lowest BCUT2D eigenvalue weighted by Crippen LogP contribution is -2.29. The van der Waals surface area contributed by atoms with Gasteiger partial charge in [-0.05, 0) is 11.0 Å². The van der Waals surface area contributed by atoms with E-state index in [0.717, 1.165) is 16.1 Å². The molecule has 2 aromatic heterocycles. The average molecular weight is 403 g/mol. The molecule has 27 heavy (non-hydrogen) atoms. The van der Waals surface area contributed by atoms with Crippen LogP contribution in [0.3, 0.4) is 0 Å². The van der Waals surface area contributed by atoms with E-state index in [2.05, 4.69) is 23.9 Å². The minimum Gasteiger partial charge on any atom is -0.276 e. The van der Waals surface area contributed by atoms with Crippen LogP contribution in [0.15, 0.2) is 53.1 Å². The van der Waals surface area contributed by atoms with Gasteiger partial charge >= 0.3 is 0 Å². The summed E-state index contributed by atoms with van der Waals surface area (Å²) in [5.41, 5.74) is 1.84. The lowest BCUT2D eigenvalue weighted by atomic mass is 9.79. The van der Waals surface area contributed by atoms with Crippen LogP contribution in [-0.2, 0) is 17.1 Å². The second-order valence-corrected chi connectivity index (χ2v) is 10.8. The number of aryl methyl sites for hydroxylation is 1. The molecule has 0 radical (unpaired) electrons. The van der Waals surface area contributed by atoms with E-state index in [9.17, 15) is 8.42 Å². The number of rotatable bonds is 4. The van der Waals surface area contributed by atoms with Crippen LogP contribution in [0.5, 0.6) is 0 Å². The summed E-state index contributed by atoms with van der Waals surface area (Å²) in [6.07, 6.45) is 5.29. The summed E-state index contributed by atoms with van der Waals surface area (Å²) in [7, 11) is -1.69. The van der Waals surface area contributed by atoms with Crippen LogP contribution in [0.1, 0.15) is 25.3 Å². The smallest absolute Gasteiger partial charge is 0.254 e. The molecule has 3 aromatic rings. The van der Waals surface area contributed by atoms with Gasteiger partial charge in [-0.3, -0.25) is 4.68 Å². The average Bonchev–Trinajstić information content (AvgIpc) is 3.34. The summed E-state index contributed by atoms with van der Waals surface area (Å²) in [5, 5.41) is 4.97. The molecular formula is C19H22N4O2S2. The van der Waals surface area contributed by atoms with Crippen molar-refractivity contribution in [3.63, 3.8) is 0 Å². The number of sulfonamides is 1. The summed E-state index contributed by atoms with van der Waals surface area (Å²) in [6.45, 7) is 5.16. The van der Waals surface area contributed by atoms with Crippen molar-refractivity contribution in [3.8, 4) is 10.6 Å². The molecule has 1 saturated heterocycles. The van der Waals surface area contributed by atoms with E-state index in [1.165, 1.54) is 17.5 Å². The Bertz CT molecular complexity index is 1050. The molecule has 0 N–H and O–H groups in total. The Kier molecular flexibility index (Phi) is 4.44. The van der Waals surface area contributed by atoms with Crippen molar-refractivity contribution in [2.45, 2.75) is 24.0 Å². The van der Waals surface area contributed by atoms with E-state index in [4.69, 9.17) is 0 Å². The molecule has 0 amide bonds. The largest absolute Gasteiger partial charge is 0.276 e. The van der Waals surface area contributed by atoms with E-state index in [1.807, 2.05) is 49.8 Å². The molecule has 3 heterocycles. The monoisotopic (exact) mass is 402 g/mol. The van der Waals surface area contributed by atoms with Gasteiger partial charge in [0.2, 0.25) is 0 Å². The lowest BCUT2D eigenvalue weighted by molar-refractivity contribution is 0.347. The second-order valence-electron chi connectivity index (χ2n) is 7.64. The molecule has 1 aromatic carbocycles. The molecule has 1 atom stereocenters. The molecule has 142 valence electrons. The van der Waals surface area contributed by atoms with Crippen molar-refractivity contribution in [3.05, 3.63) is 54.5 Å². The maximum Gasteiger partial charge on any atom is 0.254 e. The van der Waals surface area contributed by atoms with Gasteiger partial charge in [0.05, 0.1) is 12.4 Å². The van der Waals surface area contributed by atoms with Crippen LogP contribution in [0, 0.1) is 5.41 Å². The quantitative estimate of drug-likeness (QED) is 0.671. The first-order valence-corrected chi connectivity index (χ1v) is 11.0. The van der Waals surface area contributed by atoms with Crippen molar-refractivity contribution in [2.75, 3.05) is 13.1 Å². The van der Waals surface area contributed by atoms with Gasteiger partial charge < -0.3 is 0 Å². The Morgan fingerprint density at radius 1 is 1.19 bits per heavy atom. The topological polar surface area (TPSA) is 68.1 Å². The predicted molar refractivity (Wildman–Crippen MR) is 106 cm³/mol. The zero-order valence-corrected chi connectivity index (χ0v) is 17.2. The van der Waals surface area contributed by atoms with Gasteiger partial charge in [0, 0.05) is 37.8 Å². The number of thiazole rings is 1. The minimum absolute atomic E-state index is 0.113. The molecule has 1 unspecified atom stereocenters. The molecule has 0 aliphatic carbocycles. The van der Waals surface area contributed by atoms with Gasteiger partial charge in [-0.2, -0.15) is 9.40 Å². The molecule has 1 aliphatic rings. The maximum absolute atomic E-state index is 13.2. The Morgan fingerprint density at radius 2 is 1.93 bits per heavy atom. The molecule has 4 rings (SSSR count). The highest BCUT2D eigenvalue weighted by Gasteiger charge is 2.45. The van der Waals surface area contributed by atoms with E-state index in [0.29, 0.717) is 17.3 Å². The molecule has 6 nitrogen and oxygen atoms in total. The summed E-state index contributed by atoms with van der Waals surface area (Å²) in [5.74, 6) is 0.113. The van der Waals surface area contributed by atoms with Crippen molar-refractivity contribution in [1.82, 2.24) is 19.1 Å². The van der Waals surface area contributed by atoms with Crippen LogP contribution in [0.2, 0.25) is 0 Å². The third kappa shape index (κ3) is 3.33. The Labute approximate surface area is 163 Å². The third-order valence-corrected chi connectivity index (χ3v) is 8.43. The number of hydrogen-bond donors (Lipinski definition) is 0. The van der Waals surface area contributed by atoms with Crippen LogP contribution in [-0.4, -0.2) is 40.6 Å². The molecule has 1 fully saturated rings. The first-order chi connectivity index (χ1) is 12.8. The minimum atomic E-state index is -3.57. The van der Waals surface area contributed by atoms with Gasteiger partial charge in [-0.15, -0.1) is 11.3 Å². The fourth-order valence-corrected chi connectivity index (χ4v) is 6.58. The van der Waals surface area contributed by atoms with Crippen LogP contribution in [0.4, 0.5) is 0 Å². The fraction of sp³-hybridized carbons (Fsp3) is 0.368. The zero-order chi connectivity index (χ0) is 19.2. The standard InChI is InChI=1S/C19H22N4O2S2/c1-19(2)13-23(12-16(19)15-9-21-22(3)11-15)27(24,25)17-10-20-18(26-17)14-7-5-4-6-8-14/h4-11,16H,12-13H2,1-3H3. The molecule has 0 saturated carbocycles. The Hall–Kier alpha value is -2.03. The van der Waals surface area contributed by atoms with Crippen molar-refractivity contribution in [2.24, 2.45) is 12.5 Å². The van der Waals surface area contributed by atoms with E-state index < -0.39 is 10.0 Å². The van der Waals surface area contributed by atoms with Gasteiger partial charge in [0.1, 0.15) is 5.01 Å². The normalized spacial score (nSPS) is 20.2. The first-order valence-electron chi connectivity index (χ1n) is 8.77. The molecular weight excluding hydrogens is 380 g/mol. The highest BCUT2D eigenvalue weighted by Crippen LogP contribution is 2.44. The highest BCUT2D eigenvalue weighted by atomic mass is 32.2. The summed E-state index contributed by atoms with van der Waals surface area (Å²) in [4.78, 5) is 4.34. The van der Waals surface area contributed by atoms with Crippen molar-refractivity contribution < 1.29 is 8.42 Å². The van der Waals surface area contributed by atoms with Crippen LogP contribution in [0.25, 0.3) is 10.6 Å². The van der Waals surface area contributed by atoms with Crippen molar-refractivity contribution >= 4 is 21.4 Å². The zero-order valence-electron chi connectivity index (χ0n) is 15.5. The molecule has 8 heteroatoms. The molecule has 0 bridgehead atoms. The molecule has 0 spiro atoms. The van der Waals surface area contributed by atoms with E-state index in [1.54, 1.807) is 8.99 Å². The van der Waals surface area contributed by atoms with E-state index >= 15 is 0 Å². The number of benzene rings is 1. The van der Waals surface area contributed by atoms with Crippen LogP contribution >= 0.6 is 11.3 Å². The fourth-order valence-electron chi connectivity index (χ4n) is 3.66. The number of hydrogen-bond acceptors (Lipinski definition) is 5. The van der Waals surface area contributed by atoms with Gasteiger partial charge in [0.25, 0.3) is 10.0 Å². The third-order valence-electron chi connectivity index (χ3n) is 5.14. The summed E-state index contributed by atoms with van der Waals surface area (Å²) >= 11 is 1.22. The summed E-state index contributed by atoms with van der Waals surface area (Å²) in [6, 6.07) is 9.65. The van der Waals surface area contributed by atoms with Gasteiger partial charge in [-0.1, -0.05) is 44.2 Å². The maximum atomic E-state index is 13.2. The molecule has 1 aliphatic heterocycles. The first kappa shape index (κ1) is 18.3. The lowest BCUT2D eigenvalue weighted by Gasteiger charge is -2.24. The SMILES string of the molecule is Cn1cc(C2CN(S(=O)(=O)c3cnc(-c4ccccc4)s3)CC2(C)C)cn1. The Morgan fingerprint density at radius 3 is 2.59 bits per heavy atom.